The van der Waals surface area contributed by atoms with Crippen LogP contribution in [0.3, 0.4) is 0 Å². The minimum Gasteiger partial charge on any atom is -0.454 e. The van der Waals surface area contributed by atoms with Gasteiger partial charge in [-0.1, -0.05) is 19.9 Å². The summed E-state index contributed by atoms with van der Waals surface area (Å²) < 4.78 is 10.6. The number of ether oxygens (including phenoxy) is 2. The fraction of sp³-hybridized carbons (Fsp3) is 0.526. The summed E-state index contributed by atoms with van der Waals surface area (Å²) in [4.78, 5) is 36.9. The highest BCUT2D eigenvalue weighted by atomic mass is 16.7. The van der Waals surface area contributed by atoms with Crippen molar-refractivity contribution in [3.63, 3.8) is 0 Å². The molecule has 0 aliphatic carbocycles. The van der Waals surface area contributed by atoms with Gasteiger partial charge in [0.05, 0.1) is 13.0 Å². The molecule has 0 aromatic heterocycles. The summed E-state index contributed by atoms with van der Waals surface area (Å²) >= 11 is 0. The molecule has 8 heteroatoms. The first kappa shape index (κ1) is 19.0. The minimum absolute atomic E-state index is 0.0979. The molecule has 1 N–H and O–H groups in total. The molecule has 0 bridgehead atoms. The molecule has 0 spiro atoms. The van der Waals surface area contributed by atoms with Gasteiger partial charge in [0.1, 0.15) is 0 Å². The molecular formula is C19H25N3O5. The highest BCUT2D eigenvalue weighted by Crippen LogP contribution is 2.32. The number of hydrogen-bond acceptors (Lipinski definition) is 5. The standard InChI is InChI=1S/C19H25N3O5/c1-13(2)8-17(23)20-11-19(25)22-7-3-6-21(22)18(24)10-14-4-5-15-16(9-14)27-12-26-15/h4-5,9,13H,3,6-8,10-12H2,1-2H3,(H,20,23). The van der Waals surface area contributed by atoms with Gasteiger partial charge in [-0.3, -0.25) is 19.4 Å². The number of fused-ring (bicyclic) bond motifs is 1. The number of rotatable bonds is 6. The van der Waals surface area contributed by atoms with Gasteiger partial charge >= 0.3 is 0 Å². The number of hydrazine groups is 1. The third kappa shape index (κ3) is 4.69. The Hall–Kier alpha value is -2.77. The molecule has 0 unspecified atom stereocenters. The van der Waals surface area contributed by atoms with E-state index >= 15 is 0 Å². The normalized spacial score (nSPS) is 15.4. The molecule has 2 aliphatic heterocycles. The topological polar surface area (TPSA) is 88.2 Å². The van der Waals surface area contributed by atoms with Gasteiger partial charge in [-0.05, 0) is 30.0 Å². The van der Waals surface area contributed by atoms with E-state index in [1.54, 1.807) is 12.1 Å². The van der Waals surface area contributed by atoms with Crippen molar-refractivity contribution in [2.75, 3.05) is 26.4 Å². The lowest BCUT2D eigenvalue weighted by Crippen LogP contribution is -2.49. The maximum Gasteiger partial charge on any atom is 0.260 e. The molecule has 2 heterocycles. The summed E-state index contributed by atoms with van der Waals surface area (Å²) in [6.45, 7) is 4.95. The first-order chi connectivity index (χ1) is 12.9. The van der Waals surface area contributed by atoms with E-state index in [2.05, 4.69) is 5.32 Å². The SMILES string of the molecule is CC(C)CC(=O)NCC(=O)N1CCCN1C(=O)Cc1ccc2c(c1)OCO2. The van der Waals surface area contributed by atoms with Crippen molar-refractivity contribution in [1.29, 1.82) is 0 Å². The van der Waals surface area contributed by atoms with E-state index in [0.717, 1.165) is 12.0 Å². The lowest BCUT2D eigenvalue weighted by atomic mass is 10.1. The summed E-state index contributed by atoms with van der Waals surface area (Å²) in [6, 6.07) is 5.39. The molecule has 3 amide bonds. The maximum absolute atomic E-state index is 12.7. The van der Waals surface area contributed by atoms with Crippen LogP contribution < -0.4 is 14.8 Å². The summed E-state index contributed by atoms with van der Waals surface area (Å²) in [5.41, 5.74) is 0.800. The maximum atomic E-state index is 12.7. The molecule has 1 fully saturated rings. The van der Waals surface area contributed by atoms with Crippen molar-refractivity contribution in [2.24, 2.45) is 5.92 Å². The fourth-order valence-corrected chi connectivity index (χ4v) is 3.16. The second kappa shape index (κ2) is 8.28. The summed E-state index contributed by atoms with van der Waals surface area (Å²) in [5, 5.41) is 5.54. The molecule has 0 atom stereocenters. The molecule has 1 saturated heterocycles. The van der Waals surface area contributed by atoms with Gasteiger partial charge in [-0.15, -0.1) is 0 Å². The Morgan fingerprint density at radius 1 is 1.07 bits per heavy atom. The highest BCUT2D eigenvalue weighted by molar-refractivity contribution is 5.87. The molecule has 1 aromatic rings. The Kier molecular flexibility index (Phi) is 5.83. The van der Waals surface area contributed by atoms with Crippen molar-refractivity contribution in [2.45, 2.75) is 33.1 Å². The predicted molar refractivity (Wildman–Crippen MR) is 96.8 cm³/mol. The van der Waals surface area contributed by atoms with E-state index in [1.165, 1.54) is 10.0 Å². The Morgan fingerprint density at radius 3 is 2.52 bits per heavy atom. The van der Waals surface area contributed by atoms with E-state index in [0.29, 0.717) is 31.0 Å². The highest BCUT2D eigenvalue weighted by Gasteiger charge is 2.30. The van der Waals surface area contributed by atoms with E-state index in [-0.39, 0.29) is 43.4 Å². The molecule has 146 valence electrons. The van der Waals surface area contributed by atoms with Crippen molar-refractivity contribution < 1.29 is 23.9 Å². The van der Waals surface area contributed by atoms with Crippen molar-refractivity contribution >= 4 is 17.7 Å². The van der Waals surface area contributed by atoms with Gasteiger partial charge in [0.2, 0.25) is 18.6 Å². The number of nitrogens with zero attached hydrogens (tertiary/aromatic N) is 2. The van der Waals surface area contributed by atoms with Gasteiger partial charge in [0.15, 0.2) is 11.5 Å². The zero-order valence-corrected chi connectivity index (χ0v) is 15.7. The Balaban J connectivity index is 1.56. The lowest BCUT2D eigenvalue weighted by molar-refractivity contribution is -0.157. The summed E-state index contributed by atoms with van der Waals surface area (Å²) in [7, 11) is 0. The van der Waals surface area contributed by atoms with Crippen LogP contribution in [0.5, 0.6) is 11.5 Å². The van der Waals surface area contributed by atoms with Crippen LogP contribution in [0.15, 0.2) is 18.2 Å². The number of nitrogens with one attached hydrogen (secondary N) is 1. The number of carbonyl (C=O) groups is 3. The smallest absolute Gasteiger partial charge is 0.260 e. The average molecular weight is 375 g/mol. The van der Waals surface area contributed by atoms with Crippen LogP contribution in [0.4, 0.5) is 0 Å². The van der Waals surface area contributed by atoms with E-state index in [4.69, 9.17) is 9.47 Å². The second-order valence-electron chi connectivity index (χ2n) is 7.13. The van der Waals surface area contributed by atoms with Crippen LogP contribution in [0.25, 0.3) is 0 Å². The van der Waals surface area contributed by atoms with Gasteiger partial charge < -0.3 is 14.8 Å². The van der Waals surface area contributed by atoms with Crippen LogP contribution in [-0.2, 0) is 20.8 Å². The first-order valence-electron chi connectivity index (χ1n) is 9.20. The van der Waals surface area contributed by atoms with Crippen LogP contribution in [-0.4, -0.2) is 54.2 Å². The number of amides is 3. The molecule has 8 nitrogen and oxygen atoms in total. The Bertz CT molecular complexity index is 734. The molecule has 27 heavy (non-hydrogen) atoms. The molecule has 3 rings (SSSR count). The minimum atomic E-state index is -0.274. The van der Waals surface area contributed by atoms with Gasteiger partial charge in [0, 0.05) is 19.5 Å². The van der Waals surface area contributed by atoms with Gasteiger partial charge in [-0.2, -0.15) is 0 Å². The van der Waals surface area contributed by atoms with Crippen molar-refractivity contribution in [3.8, 4) is 11.5 Å². The molecular weight excluding hydrogens is 350 g/mol. The second-order valence-corrected chi connectivity index (χ2v) is 7.13. The van der Waals surface area contributed by atoms with Gasteiger partial charge in [0.25, 0.3) is 5.91 Å². The number of hydrogen-bond donors (Lipinski definition) is 1. The Labute approximate surface area is 158 Å². The number of carbonyl (C=O) groups excluding carboxylic acids is 3. The largest absolute Gasteiger partial charge is 0.454 e. The fourth-order valence-electron chi connectivity index (χ4n) is 3.16. The van der Waals surface area contributed by atoms with E-state index < -0.39 is 0 Å². The number of benzene rings is 1. The zero-order valence-electron chi connectivity index (χ0n) is 15.7. The molecule has 2 aliphatic rings. The molecule has 0 radical (unpaired) electrons. The summed E-state index contributed by atoms with van der Waals surface area (Å²) in [6.07, 6.45) is 1.26. The van der Waals surface area contributed by atoms with Crippen LogP contribution >= 0.6 is 0 Å². The predicted octanol–water partition coefficient (Wildman–Crippen LogP) is 1.10. The lowest BCUT2D eigenvalue weighted by Gasteiger charge is -2.28. The first-order valence-corrected chi connectivity index (χ1v) is 9.20. The third-order valence-corrected chi connectivity index (χ3v) is 4.43. The molecule has 1 aromatic carbocycles. The van der Waals surface area contributed by atoms with Crippen LogP contribution in [0.2, 0.25) is 0 Å². The van der Waals surface area contributed by atoms with E-state index in [9.17, 15) is 14.4 Å². The van der Waals surface area contributed by atoms with Crippen molar-refractivity contribution in [3.05, 3.63) is 23.8 Å². The van der Waals surface area contributed by atoms with Gasteiger partial charge in [-0.25, -0.2) is 5.01 Å². The average Bonchev–Trinajstić information content (AvgIpc) is 3.27. The summed E-state index contributed by atoms with van der Waals surface area (Å²) in [5.74, 6) is 0.933. The zero-order chi connectivity index (χ0) is 19.4. The van der Waals surface area contributed by atoms with Crippen LogP contribution in [0.1, 0.15) is 32.3 Å². The quantitative estimate of drug-likeness (QED) is 0.804. The monoisotopic (exact) mass is 375 g/mol. The Morgan fingerprint density at radius 2 is 1.78 bits per heavy atom. The van der Waals surface area contributed by atoms with E-state index in [1.807, 2.05) is 19.9 Å². The van der Waals surface area contributed by atoms with Crippen molar-refractivity contribution in [1.82, 2.24) is 15.3 Å². The molecule has 0 saturated carbocycles. The third-order valence-electron chi connectivity index (χ3n) is 4.43. The van der Waals surface area contributed by atoms with Crippen LogP contribution in [0, 0.1) is 5.92 Å².